The minimum atomic E-state index is -0.261. The van der Waals surface area contributed by atoms with Crippen molar-refractivity contribution in [2.24, 2.45) is 0 Å². The molecule has 0 aliphatic carbocycles. The van der Waals surface area contributed by atoms with Gasteiger partial charge in [-0.25, -0.2) is 0 Å². The monoisotopic (exact) mass is 441 g/mol. The molecule has 0 aliphatic rings. The number of carbonyl (C=O) groups is 1. The molecule has 1 amide bonds. The van der Waals surface area contributed by atoms with Crippen molar-refractivity contribution in [1.29, 1.82) is 0 Å². The van der Waals surface area contributed by atoms with Crippen LogP contribution in [0.4, 0.5) is 0 Å². The van der Waals surface area contributed by atoms with Crippen LogP contribution in [0, 0.1) is 0 Å². The quantitative estimate of drug-likeness (QED) is 0.513. The second-order valence-electron chi connectivity index (χ2n) is 6.59. The third-order valence-corrected chi connectivity index (χ3v) is 5.02. The molecule has 0 saturated heterocycles. The van der Waals surface area contributed by atoms with E-state index in [1.165, 1.54) is 0 Å². The Hall–Kier alpha value is -3.38. The molecule has 0 fully saturated rings. The summed E-state index contributed by atoms with van der Waals surface area (Å²) in [7, 11) is 4.64. The highest BCUT2D eigenvalue weighted by atomic mass is 35.5. The van der Waals surface area contributed by atoms with Crippen LogP contribution in [0.5, 0.6) is 23.0 Å². The highest BCUT2D eigenvalue weighted by Gasteiger charge is 2.16. The second-order valence-corrected chi connectivity index (χ2v) is 7.00. The molecule has 0 spiro atoms. The molecular formula is C24H24ClNO5. The fourth-order valence-corrected chi connectivity index (χ4v) is 3.26. The first-order valence-electron chi connectivity index (χ1n) is 9.59. The number of hydrogen-bond acceptors (Lipinski definition) is 5. The average molecular weight is 442 g/mol. The summed E-state index contributed by atoms with van der Waals surface area (Å²) >= 11 is 6.19. The minimum Gasteiger partial charge on any atom is -0.493 e. The van der Waals surface area contributed by atoms with Gasteiger partial charge in [0.2, 0.25) is 5.75 Å². The Bertz CT molecular complexity index is 1030. The summed E-state index contributed by atoms with van der Waals surface area (Å²) in [6.45, 7) is 0.533. The molecule has 1 N–H and O–H groups in total. The molecule has 0 heterocycles. The third-order valence-electron chi connectivity index (χ3n) is 4.65. The summed E-state index contributed by atoms with van der Waals surface area (Å²) in [5.41, 5.74) is 2.08. The van der Waals surface area contributed by atoms with Gasteiger partial charge in [-0.2, -0.15) is 0 Å². The zero-order valence-electron chi connectivity index (χ0n) is 17.6. The number of para-hydroxylation sites is 1. The molecule has 6 nitrogen and oxygen atoms in total. The van der Waals surface area contributed by atoms with E-state index in [4.69, 9.17) is 30.5 Å². The summed E-state index contributed by atoms with van der Waals surface area (Å²) in [4.78, 5) is 12.8. The van der Waals surface area contributed by atoms with E-state index in [2.05, 4.69) is 5.32 Å². The van der Waals surface area contributed by atoms with Gasteiger partial charge in [0, 0.05) is 17.1 Å². The Kier molecular flexibility index (Phi) is 7.62. The third kappa shape index (κ3) is 5.41. The lowest BCUT2D eigenvalue weighted by Crippen LogP contribution is -2.23. The summed E-state index contributed by atoms with van der Waals surface area (Å²) in [5, 5.41) is 3.53. The van der Waals surface area contributed by atoms with E-state index in [0.29, 0.717) is 33.6 Å². The van der Waals surface area contributed by atoms with E-state index in [9.17, 15) is 4.79 Å². The first-order valence-corrected chi connectivity index (χ1v) is 9.97. The maximum atomic E-state index is 12.8. The molecule has 0 saturated carbocycles. The van der Waals surface area contributed by atoms with Crippen LogP contribution >= 0.6 is 11.6 Å². The SMILES string of the molecule is COc1cc(CNC(=O)c2ccccc2OCc2ccccc2Cl)cc(OC)c1OC. The summed E-state index contributed by atoms with van der Waals surface area (Å²) in [6.07, 6.45) is 0. The Morgan fingerprint density at radius 1 is 0.871 bits per heavy atom. The van der Waals surface area contributed by atoms with Crippen molar-refractivity contribution in [3.05, 3.63) is 82.4 Å². The molecule has 0 atom stereocenters. The molecule has 0 aromatic heterocycles. The maximum absolute atomic E-state index is 12.8. The highest BCUT2D eigenvalue weighted by Crippen LogP contribution is 2.38. The van der Waals surface area contributed by atoms with Gasteiger partial charge in [0.15, 0.2) is 11.5 Å². The predicted octanol–water partition coefficient (Wildman–Crippen LogP) is 4.87. The van der Waals surface area contributed by atoms with Gasteiger partial charge in [-0.15, -0.1) is 0 Å². The van der Waals surface area contributed by atoms with Crippen molar-refractivity contribution in [1.82, 2.24) is 5.32 Å². The van der Waals surface area contributed by atoms with Crippen molar-refractivity contribution >= 4 is 17.5 Å². The lowest BCUT2D eigenvalue weighted by Gasteiger charge is -2.15. The number of nitrogens with one attached hydrogen (secondary N) is 1. The Morgan fingerprint density at radius 2 is 1.52 bits per heavy atom. The Morgan fingerprint density at radius 3 is 2.16 bits per heavy atom. The van der Waals surface area contributed by atoms with Crippen LogP contribution in [0.3, 0.4) is 0 Å². The van der Waals surface area contributed by atoms with Gasteiger partial charge < -0.3 is 24.3 Å². The standard InChI is InChI=1S/C24H24ClNO5/c1-28-21-12-16(13-22(29-2)23(21)30-3)14-26-24(27)18-9-5-7-11-20(18)31-15-17-8-4-6-10-19(17)25/h4-13H,14-15H2,1-3H3,(H,26,27). The molecule has 3 aromatic rings. The van der Waals surface area contributed by atoms with Crippen LogP contribution in [0.1, 0.15) is 21.5 Å². The van der Waals surface area contributed by atoms with E-state index in [1.807, 2.05) is 24.3 Å². The van der Waals surface area contributed by atoms with Crippen LogP contribution in [0.2, 0.25) is 5.02 Å². The number of amides is 1. The van der Waals surface area contributed by atoms with Crippen molar-refractivity contribution in [3.8, 4) is 23.0 Å². The number of rotatable bonds is 9. The molecule has 0 bridgehead atoms. The van der Waals surface area contributed by atoms with Gasteiger partial charge in [-0.1, -0.05) is 41.9 Å². The fourth-order valence-electron chi connectivity index (χ4n) is 3.07. The normalized spacial score (nSPS) is 10.3. The summed E-state index contributed by atoms with van der Waals surface area (Å²) in [5.74, 6) is 1.76. The van der Waals surface area contributed by atoms with Crippen LogP contribution in [0.15, 0.2) is 60.7 Å². The van der Waals surface area contributed by atoms with E-state index in [1.54, 1.807) is 57.7 Å². The van der Waals surface area contributed by atoms with Crippen molar-refractivity contribution in [2.45, 2.75) is 13.2 Å². The molecule has 7 heteroatoms. The van der Waals surface area contributed by atoms with Crippen LogP contribution in [-0.2, 0) is 13.2 Å². The van der Waals surface area contributed by atoms with Crippen molar-refractivity contribution in [2.75, 3.05) is 21.3 Å². The van der Waals surface area contributed by atoms with E-state index in [-0.39, 0.29) is 19.1 Å². The fraction of sp³-hybridized carbons (Fsp3) is 0.208. The lowest BCUT2D eigenvalue weighted by molar-refractivity contribution is 0.0946. The number of halogens is 1. The largest absolute Gasteiger partial charge is 0.493 e. The number of benzene rings is 3. The van der Waals surface area contributed by atoms with Gasteiger partial charge >= 0.3 is 0 Å². The van der Waals surface area contributed by atoms with Crippen LogP contribution in [-0.4, -0.2) is 27.2 Å². The molecule has 162 valence electrons. The lowest BCUT2D eigenvalue weighted by atomic mass is 10.1. The zero-order chi connectivity index (χ0) is 22.2. The molecule has 0 aliphatic heterocycles. The van der Waals surface area contributed by atoms with Gasteiger partial charge in [-0.3, -0.25) is 4.79 Å². The van der Waals surface area contributed by atoms with Gasteiger partial charge in [0.25, 0.3) is 5.91 Å². The van der Waals surface area contributed by atoms with Gasteiger partial charge in [-0.05, 0) is 35.9 Å². The Labute approximate surface area is 186 Å². The van der Waals surface area contributed by atoms with Crippen molar-refractivity contribution in [3.63, 3.8) is 0 Å². The maximum Gasteiger partial charge on any atom is 0.255 e. The highest BCUT2D eigenvalue weighted by molar-refractivity contribution is 6.31. The topological polar surface area (TPSA) is 66.0 Å². The zero-order valence-corrected chi connectivity index (χ0v) is 18.4. The van der Waals surface area contributed by atoms with Crippen LogP contribution in [0.25, 0.3) is 0 Å². The van der Waals surface area contributed by atoms with Gasteiger partial charge in [0.05, 0.1) is 26.9 Å². The first kappa shape index (κ1) is 22.3. The second kappa shape index (κ2) is 10.6. The molecule has 3 aromatic carbocycles. The number of carbonyl (C=O) groups excluding carboxylic acids is 1. The predicted molar refractivity (Wildman–Crippen MR) is 119 cm³/mol. The number of methoxy groups -OCH3 is 3. The van der Waals surface area contributed by atoms with Gasteiger partial charge in [0.1, 0.15) is 12.4 Å². The molecule has 31 heavy (non-hydrogen) atoms. The summed E-state index contributed by atoms with van der Waals surface area (Å²) < 4.78 is 21.9. The van der Waals surface area contributed by atoms with E-state index in [0.717, 1.165) is 11.1 Å². The van der Waals surface area contributed by atoms with Crippen LogP contribution < -0.4 is 24.3 Å². The number of ether oxygens (including phenoxy) is 4. The molecule has 0 unspecified atom stereocenters. The Balaban J connectivity index is 1.72. The minimum absolute atomic E-state index is 0.261. The number of hydrogen-bond donors (Lipinski definition) is 1. The molecular weight excluding hydrogens is 418 g/mol. The van der Waals surface area contributed by atoms with Crippen molar-refractivity contribution < 1.29 is 23.7 Å². The van der Waals surface area contributed by atoms with E-state index >= 15 is 0 Å². The molecule has 3 rings (SSSR count). The smallest absolute Gasteiger partial charge is 0.255 e. The average Bonchev–Trinajstić information content (AvgIpc) is 2.81. The summed E-state index contributed by atoms with van der Waals surface area (Å²) in [6, 6.07) is 18.1. The first-order chi connectivity index (χ1) is 15.1. The van der Waals surface area contributed by atoms with E-state index < -0.39 is 0 Å². The molecule has 0 radical (unpaired) electrons.